The number of fused-ring (bicyclic) bond motifs is 1. The summed E-state index contributed by atoms with van der Waals surface area (Å²) in [5.74, 6) is -0.819. The lowest BCUT2D eigenvalue weighted by Gasteiger charge is -2.61. The molecule has 0 aromatic rings. The van der Waals surface area contributed by atoms with Gasteiger partial charge in [-0.05, 0) is 55.4 Å². The molecule has 2 N–H and O–H groups in total. The van der Waals surface area contributed by atoms with Gasteiger partial charge in [0.05, 0.1) is 6.10 Å². The standard InChI is InChI=1S/C22H34O5/c1-13(12-20(25)26)11-19(27-16(4)23)22(6)14(2)9-10-21(5)15(3)17(24)7-8-18(21)22/h12,14,17-19,24H,3,7-11H2,1-2,4-6H3,(H,25,26)/b13-12+/t14-,17+,18+,19-,21+,22+/m1/s1. The van der Waals surface area contributed by atoms with Crippen molar-refractivity contribution in [3.8, 4) is 0 Å². The van der Waals surface area contributed by atoms with Crippen molar-refractivity contribution in [2.24, 2.45) is 22.7 Å². The van der Waals surface area contributed by atoms with Crippen LogP contribution in [-0.2, 0) is 14.3 Å². The van der Waals surface area contributed by atoms with Crippen molar-refractivity contribution in [1.29, 1.82) is 0 Å². The minimum atomic E-state index is -0.991. The molecule has 0 saturated heterocycles. The van der Waals surface area contributed by atoms with Crippen LogP contribution < -0.4 is 0 Å². The van der Waals surface area contributed by atoms with Gasteiger partial charge in [0.25, 0.3) is 0 Å². The van der Waals surface area contributed by atoms with Crippen LogP contribution in [0.15, 0.2) is 23.8 Å². The predicted molar refractivity (Wildman–Crippen MR) is 104 cm³/mol. The number of carbonyl (C=O) groups is 2. The molecule has 2 saturated carbocycles. The van der Waals surface area contributed by atoms with Gasteiger partial charge < -0.3 is 14.9 Å². The topological polar surface area (TPSA) is 83.8 Å². The Morgan fingerprint density at radius 2 is 1.93 bits per heavy atom. The van der Waals surface area contributed by atoms with Crippen molar-refractivity contribution >= 4 is 11.9 Å². The summed E-state index contributed by atoms with van der Waals surface area (Å²) in [4.78, 5) is 23.0. The van der Waals surface area contributed by atoms with Crippen molar-refractivity contribution in [1.82, 2.24) is 0 Å². The molecule has 0 aromatic carbocycles. The van der Waals surface area contributed by atoms with E-state index in [9.17, 15) is 14.7 Å². The maximum absolute atomic E-state index is 11.9. The molecule has 0 radical (unpaired) electrons. The lowest BCUT2D eigenvalue weighted by molar-refractivity contribution is -0.175. The first-order valence-electron chi connectivity index (χ1n) is 9.87. The third kappa shape index (κ3) is 3.98. The molecule has 0 unspecified atom stereocenters. The van der Waals surface area contributed by atoms with Crippen LogP contribution in [0.4, 0.5) is 0 Å². The van der Waals surface area contributed by atoms with E-state index >= 15 is 0 Å². The number of aliphatic carboxylic acids is 1. The number of hydrogen-bond acceptors (Lipinski definition) is 4. The fourth-order valence-corrected chi connectivity index (χ4v) is 5.62. The fraction of sp³-hybridized carbons (Fsp3) is 0.727. The van der Waals surface area contributed by atoms with Crippen LogP contribution in [0.3, 0.4) is 0 Å². The normalized spacial score (nSPS) is 38.1. The number of rotatable bonds is 5. The predicted octanol–water partition coefficient (Wildman–Crippen LogP) is 4.11. The van der Waals surface area contributed by atoms with Crippen molar-refractivity contribution < 1.29 is 24.5 Å². The summed E-state index contributed by atoms with van der Waals surface area (Å²) in [6.45, 7) is 13.9. The molecule has 0 spiro atoms. The number of hydrogen-bond donors (Lipinski definition) is 2. The van der Waals surface area contributed by atoms with E-state index in [-0.39, 0.29) is 22.7 Å². The largest absolute Gasteiger partial charge is 0.478 e. The molecule has 0 amide bonds. The van der Waals surface area contributed by atoms with Gasteiger partial charge in [0.1, 0.15) is 6.10 Å². The SMILES string of the molecule is C=C1[C@@H](O)CC[C@@H]2[C@@](C)([C@@H](C/C(C)=C/C(=O)O)OC(C)=O)[C@H](C)CC[C@@]12C. The summed E-state index contributed by atoms with van der Waals surface area (Å²) in [7, 11) is 0. The Kier molecular flexibility index (Phi) is 6.25. The van der Waals surface area contributed by atoms with E-state index in [0.29, 0.717) is 24.3 Å². The molecule has 0 heterocycles. The highest BCUT2D eigenvalue weighted by Crippen LogP contribution is 2.63. The first-order valence-corrected chi connectivity index (χ1v) is 9.87. The highest BCUT2D eigenvalue weighted by atomic mass is 16.5. The number of aliphatic hydroxyl groups is 1. The molecule has 27 heavy (non-hydrogen) atoms. The molecular weight excluding hydrogens is 344 g/mol. The summed E-state index contributed by atoms with van der Waals surface area (Å²) in [6, 6.07) is 0. The molecule has 0 aliphatic heterocycles. The van der Waals surface area contributed by atoms with E-state index in [1.54, 1.807) is 6.92 Å². The van der Waals surface area contributed by atoms with Crippen molar-refractivity contribution in [2.45, 2.75) is 78.9 Å². The fourth-order valence-electron chi connectivity index (χ4n) is 5.62. The number of carboxylic acids is 1. The van der Waals surface area contributed by atoms with Crippen molar-refractivity contribution in [2.75, 3.05) is 0 Å². The van der Waals surface area contributed by atoms with Gasteiger partial charge in [-0.2, -0.15) is 0 Å². The zero-order chi connectivity index (χ0) is 20.6. The van der Waals surface area contributed by atoms with Gasteiger partial charge in [0.2, 0.25) is 0 Å². The lowest BCUT2D eigenvalue weighted by atomic mass is 9.45. The highest BCUT2D eigenvalue weighted by Gasteiger charge is 2.59. The van der Waals surface area contributed by atoms with Crippen LogP contribution in [0.1, 0.15) is 66.7 Å². The molecule has 5 nitrogen and oxygen atoms in total. The Bertz CT molecular complexity index is 651. The van der Waals surface area contributed by atoms with Gasteiger partial charge in [-0.25, -0.2) is 4.79 Å². The summed E-state index contributed by atoms with van der Waals surface area (Å²) < 4.78 is 5.81. The molecule has 2 fully saturated rings. The Labute approximate surface area is 162 Å². The number of carboxylic acid groups (broad SMARTS) is 1. The van der Waals surface area contributed by atoms with Gasteiger partial charge >= 0.3 is 11.9 Å². The van der Waals surface area contributed by atoms with E-state index in [4.69, 9.17) is 9.84 Å². The zero-order valence-electron chi connectivity index (χ0n) is 17.2. The number of aliphatic hydroxyl groups excluding tert-OH is 1. The minimum absolute atomic E-state index is 0.207. The third-order valence-corrected chi connectivity index (χ3v) is 7.42. The third-order valence-electron chi connectivity index (χ3n) is 7.42. The summed E-state index contributed by atoms with van der Waals surface area (Å²) in [5, 5.41) is 19.5. The molecule has 6 atom stereocenters. The number of ether oxygens (including phenoxy) is 1. The van der Waals surface area contributed by atoms with Crippen LogP contribution >= 0.6 is 0 Å². The van der Waals surface area contributed by atoms with E-state index in [1.165, 1.54) is 13.0 Å². The maximum Gasteiger partial charge on any atom is 0.328 e. The summed E-state index contributed by atoms with van der Waals surface area (Å²) >= 11 is 0. The Morgan fingerprint density at radius 1 is 1.30 bits per heavy atom. The molecular formula is C22H34O5. The van der Waals surface area contributed by atoms with E-state index in [2.05, 4.69) is 27.4 Å². The van der Waals surface area contributed by atoms with Gasteiger partial charge in [0, 0.05) is 24.8 Å². The second-order valence-electron chi connectivity index (χ2n) is 9.03. The number of carbonyl (C=O) groups excluding carboxylic acids is 1. The van der Waals surface area contributed by atoms with Gasteiger partial charge in [0.15, 0.2) is 0 Å². The van der Waals surface area contributed by atoms with E-state index in [1.807, 2.05) is 0 Å². The Morgan fingerprint density at radius 3 is 2.48 bits per heavy atom. The highest BCUT2D eigenvalue weighted by molar-refractivity contribution is 5.80. The Hall–Kier alpha value is -1.62. The minimum Gasteiger partial charge on any atom is -0.478 e. The zero-order valence-corrected chi connectivity index (χ0v) is 17.2. The van der Waals surface area contributed by atoms with Crippen LogP contribution in [0.2, 0.25) is 0 Å². The van der Waals surface area contributed by atoms with Crippen molar-refractivity contribution in [3.05, 3.63) is 23.8 Å². The molecule has 2 rings (SSSR count). The average molecular weight is 379 g/mol. The van der Waals surface area contributed by atoms with Gasteiger partial charge in [-0.1, -0.05) is 32.9 Å². The van der Waals surface area contributed by atoms with Gasteiger partial charge in [-0.3, -0.25) is 4.79 Å². The van der Waals surface area contributed by atoms with Crippen LogP contribution in [0.5, 0.6) is 0 Å². The summed E-state index contributed by atoms with van der Waals surface area (Å²) in [5.41, 5.74) is 1.04. The monoisotopic (exact) mass is 378 g/mol. The molecule has 5 heteroatoms. The average Bonchev–Trinajstić information content (AvgIpc) is 2.54. The quantitative estimate of drug-likeness (QED) is 0.427. The van der Waals surface area contributed by atoms with Crippen molar-refractivity contribution in [3.63, 3.8) is 0 Å². The van der Waals surface area contributed by atoms with Gasteiger partial charge in [-0.15, -0.1) is 0 Å². The molecule has 152 valence electrons. The van der Waals surface area contributed by atoms with Crippen LogP contribution in [0.25, 0.3) is 0 Å². The molecule has 0 bridgehead atoms. The first-order chi connectivity index (χ1) is 12.4. The van der Waals surface area contributed by atoms with E-state index in [0.717, 1.165) is 24.8 Å². The van der Waals surface area contributed by atoms with Crippen LogP contribution in [0, 0.1) is 22.7 Å². The lowest BCUT2D eigenvalue weighted by Crippen LogP contribution is -2.58. The number of esters is 1. The molecule has 2 aliphatic carbocycles. The second-order valence-corrected chi connectivity index (χ2v) is 9.03. The summed E-state index contributed by atoms with van der Waals surface area (Å²) in [6.07, 6.45) is 4.12. The smallest absolute Gasteiger partial charge is 0.328 e. The maximum atomic E-state index is 11.9. The first kappa shape index (κ1) is 21.7. The second kappa shape index (κ2) is 7.78. The van der Waals surface area contributed by atoms with E-state index < -0.39 is 18.2 Å². The Balaban J connectivity index is 2.47. The molecule has 2 aliphatic rings. The molecule has 0 aromatic heterocycles. The van der Waals surface area contributed by atoms with Crippen LogP contribution in [-0.4, -0.2) is 34.4 Å².